The number of hydrogen-bond donors (Lipinski definition) is 0. The Morgan fingerprint density at radius 1 is 0.821 bits per heavy atom. The average molecular weight is 595 g/mol. The number of unbranched alkanes of at least 4 members (excludes halogenated alkanes) is 3. The molecule has 3 aromatic rings. The van der Waals surface area contributed by atoms with Crippen molar-refractivity contribution in [2.45, 2.75) is 78.3 Å². The first-order chi connectivity index (χ1) is 19.0. The summed E-state index contributed by atoms with van der Waals surface area (Å²) in [7, 11) is 0. The molecule has 1 atom stereocenters. The van der Waals surface area contributed by atoms with Crippen molar-refractivity contribution >= 4 is 27.7 Å². The third-order valence-electron chi connectivity index (χ3n) is 7.25. The van der Waals surface area contributed by atoms with Gasteiger partial charge in [-0.15, -0.1) is 0 Å². The number of hydrogen-bond acceptors (Lipinski definition) is 2. The number of benzene rings is 2. The van der Waals surface area contributed by atoms with Crippen LogP contribution in [0.2, 0.25) is 0 Å². The first-order valence-corrected chi connectivity index (χ1v) is 15.3. The Kier molecular flexibility index (Phi) is 12.8. The normalized spacial score (nSPS) is 11.8. The van der Waals surface area contributed by atoms with Crippen LogP contribution in [-0.4, -0.2) is 45.8 Å². The maximum atomic E-state index is 13.8. The van der Waals surface area contributed by atoms with Crippen LogP contribution >= 0.6 is 15.9 Å². The van der Waals surface area contributed by atoms with E-state index in [1.165, 1.54) is 5.56 Å². The fourth-order valence-electron chi connectivity index (χ4n) is 4.91. The Hall–Kier alpha value is -2.86. The van der Waals surface area contributed by atoms with Crippen LogP contribution in [0, 0.1) is 0 Å². The van der Waals surface area contributed by atoms with Gasteiger partial charge in [0.25, 0.3) is 0 Å². The lowest BCUT2D eigenvalue weighted by Crippen LogP contribution is -2.45. The van der Waals surface area contributed by atoms with Crippen molar-refractivity contribution in [2.75, 3.05) is 19.6 Å². The molecule has 0 aliphatic carbocycles. The molecule has 0 radical (unpaired) electrons. The SMILES string of the molecule is CCCCCN(CC(=O)N(CCCC)Cc1cccn1Cc1ccc(Br)cc1)C(=O)C(CC)c1ccccc1. The van der Waals surface area contributed by atoms with E-state index >= 15 is 0 Å². The molecule has 1 aromatic heterocycles. The van der Waals surface area contributed by atoms with Crippen molar-refractivity contribution in [3.8, 4) is 0 Å². The molecule has 5 nitrogen and oxygen atoms in total. The first-order valence-electron chi connectivity index (χ1n) is 14.5. The number of halogens is 1. The number of aromatic nitrogens is 1. The van der Waals surface area contributed by atoms with Gasteiger partial charge in [0, 0.05) is 36.0 Å². The molecule has 39 heavy (non-hydrogen) atoms. The van der Waals surface area contributed by atoms with E-state index in [0.717, 1.165) is 54.4 Å². The minimum Gasteiger partial charge on any atom is -0.345 e. The van der Waals surface area contributed by atoms with Gasteiger partial charge in [-0.1, -0.05) is 98.4 Å². The van der Waals surface area contributed by atoms with Crippen LogP contribution < -0.4 is 0 Å². The van der Waals surface area contributed by atoms with Gasteiger partial charge in [-0.05, 0) is 54.7 Å². The number of carbonyl (C=O) groups excluding carboxylic acids is 2. The van der Waals surface area contributed by atoms with Crippen LogP contribution in [0.3, 0.4) is 0 Å². The summed E-state index contributed by atoms with van der Waals surface area (Å²) in [5.74, 6) is -0.150. The van der Waals surface area contributed by atoms with E-state index in [0.29, 0.717) is 26.1 Å². The lowest BCUT2D eigenvalue weighted by molar-refractivity contribution is -0.142. The van der Waals surface area contributed by atoms with Gasteiger partial charge in [-0.2, -0.15) is 0 Å². The molecule has 0 bridgehead atoms. The number of amides is 2. The Morgan fingerprint density at radius 3 is 2.18 bits per heavy atom. The minimum absolute atomic E-state index is 0.0209. The minimum atomic E-state index is -0.229. The molecule has 2 aromatic carbocycles. The third kappa shape index (κ3) is 9.38. The van der Waals surface area contributed by atoms with E-state index in [1.54, 1.807) is 0 Å². The highest BCUT2D eigenvalue weighted by Crippen LogP contribution is 2.23. The number of rotatable bonds is 16. The van der Waals surface area contributed by atoms with Crippen LogP contribution in [0.4, 0.5) is 0 Å². The van der Waals surface area contributed by atoms with Crippen molar-refractivity contribution in [3.63, 3.8) is 0 Å². The molecule has 0 N–H and O–H groups in total. The highest BCUT2D eigenvalue weighted by Gasteiger charge is 2.27. The Morgan fingerprint density at radius 2 is 1.51 bits per heavy atom. The van der Waals surface area contributed by atoms with Crippen molar-refractivity contribution in [3.05, 3.63) is 94.2 Å². The summed E-state index contributed by atoms with van der Waals surface area (Å²) < 4.78 is 3.27. The van der Waals surface area contributed by atoms with Crippen molar-refractivity contribution in [1.82, 2.24) is 14.4 Å². The van der Waals surface area contributed by atoms with E-state index in [-0.39, 0.29) is 24.3 Å². The molecule has 0 spiro atoms. The first kappa shape index (κ1) is 30.7. The smallest absolute Gasteiger partial charge is 0.242 e. The second kappa shape index (κ2) is 16.3. The van der Waals surface area contributed by atoms with Crippen molar-refractivity contribution in [2.24, 2.45) is 0 Å². The monoisotopic (exact) mass is 593 g/mol. The summed E-state index contributed by atoms with van der Waals surface area (Å²) >= 11 is 3.51. The molecule has 6 heteroatoms. The third-order valence-corrected chi connectivity index (χ3v) is 7.78. The predicted molar refractivity (Wildman–Crippen MR) is 164 cm³/mol. The van der Waals surface area contributed by atoms with Crippen LogP contribution in [0.15, 0.2) is 77.4 Å². The Balaban J connectivity index is 1.77. The summed E-state index contributed by atoms with van der Waals surface area (Å²) in [6.45, 7) is 9.07. The highest BCUT2D eigenvalue weighted by molar-refractivity contribution is 9.10. The van der Waals surface area contributed by atoms with Gasteiger partial charge in [0.2, 0.25) is 11.8 Å². The zero-order valence-corrected chi connectivity index (χ0v) is 25.4. The zero-order chi connectivity index (χ0) is 28.0. The van der Waals surface area contributed by atoms with Crippen molar-refractivity contribution in [1.29, 1.82) is 0 Å². The molecule has 0 saturated heterocycles. The molecule has 1 heterocycles. The maximum Gasteiger partial charge on any atom is 0.242 e. The Bertz CT molecular complexity index is 1140. The number of carbonyl (C=O) groups is 2. The van der Waals surface area contributed by atoms with Crippen molar-refractivity contribution < 1.29 is 9.59 Å². The molecule has 0 fully saturated rings. The van der Waals surface area contributed by atoms with Crippen LogP contribution in [0.5, 0.6) is 0 Å². The zero-order valence-electron chi connectivity index (χ0n) is 23.8. The standard InChI is InChI=1S/C33H44BrN3O2/c1-4-7-12-22-37(33(39)31(6-3)28-14-10-9-11-15-28)26-32(38)36(21-8-5-2)25-30-16-13-23-35(30)24-27-17-19-29(34)20-18-27/h9-11,13-20,23,31H,4-8,12,21-22,24-26H2,1-3H3. The second-order valence-corrected chi connectivity index (χ2v) is 11.2. The van der Waals surface area contributed by atoms with Gasteiger partial charge in [0.15, 0.2) is 0 Å². The average Bonchev–Trinajstić information content (AvgIpc) is 3.38. The van der Waals surface area contributed by atoms with Crippen LogP contribution in [0.1, 0.15) is 82.0 Å². The summed E-state index contributed by atoms with van der Waals surface area (Å²) in [5, 5.41) is 0. The molecule has 0 aliphatic heterocycles. The molecule has 0 aliphatic rings. The molecule has 3 rings (SSSR count). The van der Waals surface area contributed by atoms with Gasteiger partial charge in [0.05, 0.1) is 19.0 Å². The van der Waals surface area contributed by atoms with E-state index in [9.17, 15) is 9.59 Å². The summed E-state index contributed by atoms with van der Waals surface area (Å²) in [6, 6.07) is 22.5. The van der Waals surface area contributed by atoms with E-state index < -0.39 is 0 Å². The largest absolute Gasteiger partial charge is 0.345 e. The molecular weight excluding hydrogens is 550 g/mol. The van der Waals surface area contributed by atoms with E-state index in [1.807, 2.05) is 46.2 Å². The number of nitrogens with zero attached hydrogens (tertiary/aromatic N) is 3. The van der Waals surface area contributed by atoms with Gasteiger partial charge in [-0.3, -0.25) is 9.59 Å². The summed E-state index contributed by atoms with van der Waals surface area (Å²) in [4.78, 5) is 31.3. The molecule has 210 valence electrons. The predicted octanol–water partition coefficient (Wildman–Crippen LogP) is 7.64. The van der Waals surface area contributed by atoms with Crippen LogP contribution in [0.25, 0.3) is 0 Å². The summed E-state index contributed by atoms with van der Waals surface area (Å²) in [5.41, 5.74) is 3.33. The molecular formula is C33H44BrN3O2. The van der Waals surface area contributed by atoms with E-state index in [4.69, 9.17) is 0 Å². The lowest BCUT2D eigenvalue weighted by Gasteiger charge is -2.30. The molecule has 2 amide bonds. The second-order valence-electron chi connectivity index (χ2n) is 10.3. The van der Waals surface area contributed by atoms with Crippen LogP contribution in [-0.2, 0) is 22.7 Å². The van der Waals surface area contributed by atoms with Gasteiger partial charge < -0.3 is 14.4 Å². The molecule has 1 unspecified atom stereocenters. The van der Waals surface area contributed by atoms with Gasteiger partial charge >= 0.3 is 0 Å². The molecule has 0 saturated carbocycles. The lowest BCUT2D eigenvalue weighted by atomic mass is 9.95. The van der Waals surface area contributed by atoms with Gasteiger partial charge in [-0.25, -0.2) is 0 Å². The fraction of sp³-hybridized carbons (Fsp3) is 0.455. The van der Waals surface area contributed by atoms with Gasteiger partial charge in [0.1, 0.15) is 0 Å². The summed E-state index contributed by atoms with van der Waals surface area (Å²) in [6.07, 6.45) is 7.76. The topological polar surface area (TPSA) is 45.6 Å². The maximum absolute atomic E-state index is 13.8. The van der Waals surface area contributed by atoms with E-state index in [2.05, 4.69) is 77.8 Å². The Labute approximate surface area is 243 Å². The quantitative estimate of drug-likeness (QED) is 0.160. The highest BCUT2D eigenvalue weighted by atomic mass is 79.9. The fourth-order valence-corrected chi connectivity index (χ4v) is 5.18.